The van der Waals surface area contributed by atoms with E-state index in [0.717, 1.165) is 0 Å². The van der Waals surface area contributed by atoms with Crippen LogP contribution in [-0.2, 0) is 20.0 Å². The molecular formula is C5H12N2O7S. The van der Waals surface area contributed by atoms with E-state index < -0.39 is 28.3 Å². The topological polar surface area (TPSA) is 181 Å². The molecule has 0 saturated carbocycles. The fraction of sp³-hybridized carbons (Fsp3) is 0.600. The van der Waals surface area contributed by atoms with E-state index in [1.54, 1.807) is 0 Å². The molecule has 15 heavy (non-hydrogen) atoms. The summed E-state index contributed by atoms with van der Waals surface area (Å²) in [6, 6.07) is -0.979. The lowest BCUT2D eigenvalue weighted by Gasteiger charge is -2.01. The summed E-state index contributed by atoms with van der Waals surface area (Å²) < 4.78 is 31.6. The largest absolute Gasteiger partial charge is 0.480 e. The summed E-state index contributed by atoms with van der Waals surface area (Å²) in [4.78, 5) is 20.1. The van der Waals surface area contributed by atoms with Gasteiger partial charge < -0.3 is 16.6 Å². The molecule has 0 radical (unpaired) electrons. The molecule has 0 aliphatic rings. The number of rotatable bonds is 4. The quantitative estimate of drug-likeness (QED) is 0.352. The normalized spacial score (nSPS) is 12.2. The molecule has 0 aromatic rings. The van der Waals surface area contributed by atoms with Crippen molar-refractivity contribution in [2.45, 2.75) is 18.9 Å². The zero-order valence-corrected chi connectivity index (χ0v) is 8.35. The molecule has 0 aliphatic heterocycles. The Morgan fingerprint density at radius 2 is 1.60 bits per heavy atom. The average molecular weight is 244 g/mol. The number of carboxylic acids is 1. The van der Waals surface area contributed by atoms with E-state index in [-0.39, 0.29) is 12.8 Å². The zero-order valence-electron chi connectivity index (χ0n) is 7.53. The second-order valence-corrected chi connectivity index (χ2v) is 3.29. The van der Waals surface area contributed by atoms with E-state index >= 15 is 0 Å². The lowest BCUT2D eigenvalue weighted by atomic mass is 10.2. The van der Waals surface area contributed by atoms with Crippen LogP contribution in [0.5, 0.6) is 0 Å². The Labute approximate surface area is 85.6 Å². The first-order valence-corrected chi connectivity index (χ1v) is 4.90. The van der Waals surface area contributed by atoms with Crippen LogP contribution in [0, 0.1) is 0 Å². The summed E-state index contributed by atoms with van der Waals surface area (Å²) in [5, 5.41) is 8.22. The number of carbonyl (C=O) groups is 2. The van der Waals surface area contributed by atoms with Gasteiger partial charge in [0, 0.05) is 6.42 Å². The van der Waals surface area contributed by atoms with Gasteiger partial charge >= 0.3 is 16.4 Å². The summed E-state index contributed by atoms with van der Waals surface area (Å²) in [5.41, 5.74) is 9.81. The highest BCUT2D eigenvalue weighted by molar-refractivity contribution is 7.79. The van der Waals surface area contributed by atoms with Crippen LogP contribution in [0.2, 0.25) is 0 Å². The van der Waals surface area contributed by atoms with Crippen LogP contribution in [0.4, 0.5) is 0 Å². The molecule has 0 heterocycles. The van der Waals surface area contributed by atoms with Crippen molar-refractivity contribution < 1.29 is 32.2 Å². The molecule has 90 valence electrons. The van der Waals surface area contributed by atoms with Gasteiger partial charge in [-0.2, -0.15) is 8.42 Å². The van der Waals surface area contributed by atoms with Gasteiger partial charge in [0.05, 0.1) is 0 Å². The third kappa shape index (κ3) is 24.5. The Balaban J connectivity index is 0. The number of aliphatic carboxylic acids is 1. The van der Waals surface area contributed by atoms with E-state index in [2.05, 4.69) is 0 Å². The second kappa shape index (κ2) is 7.11. The maximum Gasteiger partial charge on any atom is 0.394 e. The molecule has 0 spiro atoms. The standard InChI is InChI=1S/C5H10N2O3.H2O4S/c6-3(5(9)10)1-2-4(7)8;1-5(2,3)4/h3H,1-2,6H2,(H2,7,8)(H,9,10);(H2,1,2,3,4)/t3-;/m0./s1. The summed E-state index contributed by atoms with van der Waals surface area (Å²) in [5.74, 6) is -1.64. The smallest absolute Gasteiger partial charge is 0.394 e. The van der Waals surface area contributed by atoms with E-state index in [9.17, 15) is 9.59 Å². The van der Waals surface area contributed by atoms with Crippen molar-refractivity contribution >= 4 is 22.3 Å². The minimum absolute atomic E-state index is 0.0213. The van der Waals surface area contributed by atoms with Crippen molar-refractivity contribution in [3.05, 3.63) is 0 Å². The Morgan fingerprint density at radius 3 is 1.80 bits per heavy atom. The lowest BCUT2D eigenvalue weighted by Crippen LogP contribution is -2.31. The van der Waals surface area contributed by atoms with Crippen molar-refractivity contribution in [2.24, 2.45) is 11.5 Å². The minimum Gasteiger partial charge on any atom is -0.480 e. The Bertz CT molecular complexity index is 303. The van der Waals surface area contributed by atoms with Crippen molar-refractivity contribution in [2.75, 3.05) is 0 Å². The SMILES string of the molecule is NC(=O)CC[C@H](N)C(=O)O.O=S(=O)(O)O. The Hall–Kier alpha value is -1.23. The van der Waals surface area contributed by atoms with Crippen molar-refractivity contribution in [1.82, 2.24) is 0 Å². The van der Waals surface area contributed by atoms with Crippen LogP contribution in [0.1, 0.15) is 12.8 Å². The molecule has 1 atom stereocenters. The maximum atomic E-state index is 10.1. The van der Waals surface area contributed by atoms with Crippen LogP contribution in [0.15, 0.2) is 0 Å². The maximum absolute atomic E-state index is 10.1. The molecule has 0 unspecified atom stereocenters. The first-order chi connectivity index (χ1) is 6.54. The highest BCUT2D eigenvalue weighted by Crippen LogP contribution is 1.92. The molecule has 0 aromatic carbocycles. The first-order valence-electron chi connectivity index (χ1n) is 3.50. The lowest BCUT2D eigenvalue weighted by molar-refractivity contribution is -0.138. The predicted octanol–water partition coefficient (Wildman–Crippen LogP) is -1.99. The number of primary amides is 1. The summed E-state index contributed by atoms with van der Waals surface area (Å²) in [6.07, 6.45) is 0.123. The van der Waals surface area contributed by atoms with Crippen molar-refractivity contribution in [1.29, 1.82) is 0 Å². The van der Waals surface area contributed by atoms with E-state index in [1.807, 2.05) is 0 Å². The number of hydrogen-bond acceptors (Lipinski definition) is 5. The molecule has 0 fully saturated rings. The third-order valence-corrected chi connectivity index (χ3v) is 1.02. The van der Waals surface area contributed by atoms with Crippen molar-refractivity contribution in [3.8, 4) is 0 Å². The van der Waals surface area contributed by atoms with Gasteiger partial charge in [0.1, 0.15) is 6.04 Å². The summed E-state index contributed by atoms with van der Waals surface area (Å²) >= 11 is 0. The van der Waals surface area contributed by atoms with Gasteiger partial charge in [-0.05, 0) is 6.42 Å². The van der Waals surface area contributed by atoms with E-state index in [0.29, 0.717) is 0 Å². The molecule has 1 amide bonds. The van der Waals surface area contributed by atoms with E-state index in [4.69, 9.17) is 34.1 Å². The van der Waals surface area contributed by atoms with Crippen LogP contribution in [-0.4, -0.2) is 40.5 Å². The molecule has 7 N–H and O–H groups in total. The third-order valence-electron chi connectivity index (χ3n) is 1.02. The number of carbonyl (C=O) groups excluding carboxylic acids is 1. The fourth-order valence-electron chi connectivity index (χ4n) is 0.421. The number of hydrogen-bond donors (Lipinski definition) is 5. The fourth-order valence-corrected chi connectivity index (χ4v) is 0.421. The molecule has 0 aliphatic carbocycles. The van der Waals surface area contributed by atoms with Gasteiger partial charge in [0.25, 0.3) is 0 Å². The molecule has 0 rings (SSSR count). The van der Waals surface area contributed by atoms with Gasteiger partial charge in [-0.3, -0.25) is 18.7 Å². The van der Waals surface area contributed by atoms with Crippen LogP contribution >= 0.6 is 0 Å². The molecule has 0 bridgehead atoms. The molecule has 10 heteroatoms. The average Bonchev–Trinajstić information content (AvgIpc) is 1.96. The summed E-state index contributed by atoms with van der Waals surface area (Å²) in [7, 11) is -4.67. The van der Waals surface area contributed by atoms with E-state index in [1.165, 1.54) is 0 Å². The second-order valence-electron chi connectivity index (χ2n) is 2.40. The number of nitrogens with two attached hydrogens (primary N) is 2. The van der Waals surface area contributed by atoms with Gasteiger partial charge in [-0.15, -0.1) is 0 Å². The Kier molecular flexibility index (Phi) is 7.69. The molecule has 9 nitrogen and oxygen atoms in total. The number of carboxylic acid groups (broad SMARTS) is 1. The molecule has 0 saturated heterocycles. The predicted molar refractivity (Wildman–Crippen MR) is 48.2 cm³/mol. The highest BCUT2D eigenvalue weighted by atomic mass is 32.3. The van der Waals surface area contributed by atoms with Crippen LogP contribution in [0.25, 0.3) is 0 Å². The van der Waals surface area contributed by atoms with Crippen LogP contribution < -0.4 is 11.5 Å². The molecular weight excluding hydrogens is 232 g/mol. The van der Waals surface area contributed by atoms with Crippen LogP contribution in [0.3, 0.4) is 0 Å². The van der Waals surface area contributed by atoms with Gasteiger partial charge in [-0.1, -0.05) is 0 Å². The monoisotopic (exact) mass is 244 g/mol. The first kappa shape index (κ1) is 16.2. The van der Waals surface area contributed by atoms with Gasteiger partial charge in [0.15, 0.2) is 0 Å². The number of amides is 1. The molecule has 0 aromatic heterocycles. The Morgan fingerprint density at radius 1 is 1.27 bits per heavy atom. The summed E-state index contributed by atoms with van der Waals surface area (Å²) in [6.45, 7) is 0. The van der Waals surface area contributed by atoms with Gasteiger partial charge in [-0.25, -0.2) is 0 Å². The highest BCUT2D eigenvalue weighted by Gasteiger charge is 2.11. The van der Waals surface area contributed by atoms with Gasteiger partial charge in [0.2, 0.25) is 5.91 Å². The van der Waals surface area contributed by atoms with Crippen molar-refractivity contribution in [3.63, 3.8) is 0 Å². The minimum atomic E-state index is -4.67. The zero-order chi connectivity index (χ0) is 12.6.